The third-order valence-corrected chi connectivity index (χ3v) is 4.38. The van der Waals surface area contributed by atoms with Gasteiger partial charge in [0.2, 0.25) is 5.91 Å². The highest BCUT2D eigenvalue weighted by molar-refractivity contribution is 5.89. The van der Waals surface area contributed by atoms with Gasteiger partial charge in [-0.05, 0) is 32.1 Å². The van der Waals surface area contributed by atoms with E-state index in [1.165, 1.54) is 0 Å². The normalized spacial score (nSPS) is 24.0. The molecule has 5 nitrogen and oxygen atoms in total. The number of ketones is 1. The van der Waals surface area contributed by atoms with Crippen LogP contribution in [-0.2, 0) is 19.1 Å². The smallest absolute Gasteiger partial charge is 0.225 e. The van der Waals surface area contributed by atoms with Crippen molar-refractivity contribution in [2.75, 3.05) is 26.4 Å². The number of nitrogens with zero attached hydrogens (tertiary/aromatic N) is 1. The van der Waals surface area contributed by atoms with Gasteiger partial charge in [-0.1, -0.05) is 6.92 Å². The number of Topliss-reactive ketones (excluding diaryl/α,β-unsaturated/α-hetero) is 1. The first-order valence-electron chi connectivity index (χ1n) is 8.24. The summed E-state index contributed by atoms with van der Waals surface area (Å²) >= 11 is 0. The van der Waals surface area contributed by atoms with Crippen molar-refractivity contribution in [3.8, 4) is 0 Å². The number of amides is 1. The number of carbonyl (C=O) groups is 2. The largest absolute Gasteiger partial charge is 0.381 e. The Morgan fingerprint density at radius 3 is 2.67 bits per heavy atom. The number of hydrogen-bond acceptors (Lipinski definition) is 4. The molecule has 0 saturated carbocycles. The Bertz CT molecular complexity index is 352. The van der Waals surface area contributed by atoms with Crippen LogP contribution in [0.25, 0.3) is 0 Å². The fourth-order valence-corrected chi connectivity index (χ4v) is 3.10. The van der Waals surface area contributed by atoms with E-state index in [1.54, 1.807) is 4.90 Å². The monoisotopic (exact) mass is 297 g/mol. The lowest BCUT2D eigenvalue weighted by Crippen LogP contribution is -2.48. The van der Waals surface area contributed by atoms with Crippen LogP contribution in [0.3, 0.4) is 0 Å². The molecular formula is C16H27NO4. The van der Waals surface area contributed by atoms with Gasteiger partial charge in [-0.2, -0.15) is 0 Å². The molecule has 1 amide bonds. The quantitative estimate of drug-likeness (QED) is 0.752. The molecule has 0 radical (unpaired) electrons. The molecule has 0 aromatic heterocycles. The topological polar surface area (TPSA) is 55.8 Å². The van der Waals surface area contributed by atoms with E-state index in [4.69, 9.17) is 9.47 Å². The van der Waals surface area contributed by atoms with Crippen LogP contribution in [0.2, 0.25) is 0 Å². The summed E-state index contributed by atoms with van der Waals surface area (Å²) in [6.45, 7) is 4.53. The molecule has 0 N–H and O–H groups in total. The summed E-state index contributed by atoms with van der Waals surface area (Å²) in [6, 6.07) is -0.195. The van der Waals surface area contributed by atoms with E-state index >= 15 is 0 Å². The van der Waals surface area contributed by atoms with E-state index in [1.807, 2.05) is 6.92 Å². The SMILES string of the molecule is CCC(=O)C1CCCCN1C(=O)CCOC1CCOCC1. The van der Waals surface area contributed by atoms with Gasteiger partial charge in [0, 0.05) is 26.2 Å². The summed E-state index contributed by atoms with van der Waals surface area (Å²) in [4.78, 5) is 26.1. The molecule has 2 rings (SSSR count). The Labute approximate surface area is 127 Å². The molecule has 2 saturated heterocycles. The molecule has 2 aliphatic heterocycles. The zero-order valence-corrected chi connectivity index (χ0v) is 13.0. The van der Waals surface area contributed by atoms with E-state index < -0.39 is 0 Å². The standard InChI is InChI=1S/C16H27NO4/c1-2-15(18)14-5-3-4-9-17(14)16(19)8-12-21-13-6-10-20-11-7-13/h13-14H,2-12H2,1H3. The number of rotatable bonds is 6. The zero-order valence-electron chi connectivity index (χ0n) is 13.0. The average molecular weight is 297 g/mol. The molecule has 5 heteroatoms. The van der Waals surface area contributed by atoms with Gasteiger partial charge in [0.25, 0.3) is 0 Å². The van der Waals surface area contributed by atoms with Gasteiger partial charge in [-0.3, -0.25) is 9.59 Å². The maximum absolute atomic E-state index is 12.3. The first-order chi connectivity index (χ1) is 10.2. The Morgan fingerprint density at radius 1 is 1.19 bits per heavy atom. The highest BCUT2D eigenvalue weighted by Gasteiger charge is 2.30. The lowest BCUT2D eigenvalue weighted by molar-refractivity contribution is -0.142. The lowest BCUT2D eigenvalue weighted by Gasteiger charge is -2.35. The highest BCUT2D eigenvalue weighted by Crippen LogP contribution is 2.20. The number of ether oxygens (including phenoxy) is 2. The van der Waals surface area contributed by atoms with E-state index in [2.05, 4.69) is 0 Å². The molecule has 2 fully saturated rings. The van der Waals surface area contributed by atoms with Crippen LogP contribution in [0.5, 0.6) is 0 Å². The summed E-state index contributed by atoms with van der Waals surface area (Å²) in [5.41, 5.74) is 0. The van der Waals surface area contributed by atoms with E-state index in [0.717, 1.165) is 45.3 Å². The zero-order chi connectivity index (χ0) is 15.1. The first kappa shape index (κ1) is 16.4. The summed E-state index contributed by atoms with van der Waals surface area (Å²) in [7, 11) is 0. The number of carbonyl (C=O) groups excluding carboxylic acids is 2. The maximum Gasteiger partial charge on any atom is 0.225 e. The van der Waals surface area contributed by atoms with Gasteiger partial charge in [-0.15, -0.1) is 0 Å². The van der Waals surface area contributed by atoms with E-state index in [0.29, 0.717) is 26.0 Å². The minimum Gasteiger partial charge on any atom is -0.381 e. The fourth-order valence-electron chi connectivity index (χ4n) is 3.10. The summed E-state index contributed by atoms with van der Waals surface area (Å²) in [6.07, 6.45) is 5.79. The van der Waals surface area contributed by atoms with Crippen LogP contribution in [0.1, 0.15) is 51.9 Å². The molecule has 2 heterocycles. The minimum atomic E-state index is -0.195. The summed E-state index contributed by atoms with van der Waals surface area (Å²) < 4.78 is 11.0. The lowest BCUT2D eigenvalue weighted by atomic mass is 9.97. The number of hydrogen-bond donors (Lipinski definition) is 0. The highest BCUT2D eigenvalue weighted by atomic mass is 16.5. The van der Waals surface area contributed by atoms with Gasteiger partial charge in [0.1, 0.15) is 0 Å². The Kier molecular flexibility index (Phi) is 6.64. The summed E-state index contributed by atoms with van der Waals surface area (Å²) in [5, 5.41) is 0. The van der Waals surface area contributed by atoms with Gasteiger partial charge in [0.15, 0.2) is 5.78 Å². The van der Waals surface area contributed by atoms with Crippen molar-refractivity contribution in [1.82, 2.24) is 4.90 Å². The van der Waals surface area contributed by atoms with Crippen LogP contribution in [0, 0.1) is 0 Å². The molecule has 0 aromatic rings. The molecule has 2 aliphatic rings. The van der Waals surface area contributed by atoms with Crippen LogP contribution in [0.4, 0.5) is 0 Å². The third kappa shape index (κ3) is 4.78. The van der Waals surface area contributed by atoms with Crippen molar-refractivity contribution in [1.29, 1.82) is 0 Å². The van der Waals surface area contributed by atoms with Gasteiger partial charge in [-0.25, -0.2) is 0 Å². The number of likely N-dealkylation sites (tertiary alicyclic amines) is 1. The van der Waals surface area contributed by atoms with Crippen LogP contribution >= 0.6 is 0 Å². The molecule has 0 aromatic carbocycles. The van der Waals surface area contributed by atoms with Crippen LogP contribution in [-0.4, -0.2) is 55.1 Å². The minimum absolute atomic E-state index is 0.0635. The number of piperidine rings is 1. The molecule has 0 bridgehead atoms. The molecule has 21 heavy (non-hydrogen) atoms. The summed E-state index contributed by atoms with van der Waals surface area (Å²) in [5.74, 6) is 0.252. The Morgan fingerprint density at radius 2 is 1.95 bits per heavy atom. The van der Waals surface area contributed by atoms with Crippen molar-refractivity contribution < 1.29 is 19.1 Å². The van der Waals surface area contributed by atoms with E-state index in [-0.39, 0.29) is 23.8 Å². The predicted molar refractivity (Wildman–Crippen MR) is 79.1 cm³/mol. The maximum atomic E-state index is 12.3. The molecule has 1 unspecified atom stereocenters. The molecule has 120 valence electrons. The molecular weight excluding hydrogens is 270 g/mol. The third-order valence-electron chi connectivity index (χ3n) is 4.38. The van der Waals surface area contributed by atoms with Gasteiger partial charge in [0.05, 0.1) is 25.2 Å². The first-order valence-corrected chi connectivity index (χ1v) is 8.24. The van der Waals surface area contributed by atoms with Crippen LogP contribution < -0.4 is 0 Å². The average Bonchev–Trinajstić information content (AvgIpc) is 2.55. The van der Waals surface area contributed by atoms with Crippen LogP contribution in [0.15, 0.2) is 0 Å². The Hall–Kier alpha value is -0.940. The van der Waals surface area contributed by atoms with Crippen molar-refractivity contribution in [2.45, 2.75) is 64.0 Å². The molecule has 0 aliphatic carbocycles. The Balaban J connectivity index is 1.76. The van der Waals surface area contributed by atoms with Gasteiger partial charge >= 0.3 is 0 Å². The van der Waals surface area contributed by atoms with Crippen molar-refractivity contribution in [3.05, 3.63) is 0 Å². The second-order valence-electron chi connectivity index (χ2n) is 5.85. The predicted octanol–water partition coefficient (Wildman–Crippen LogP) is 1.93. The van der Waals surface area contributed by atoms with Gasteiger partial charge < -0.3 is 14.4 Å². The van der Waals surface area contributed by atoms with Crippen molar-refractivity contribution in [2.24, 2.45) is 0 Å². The second kappa shape index (κ2) is 8.49. The van der Waals surface area contributed by atoms with Crippen molar-refractivity contribution in [3.63, 3.8) is 0 Å². The molecule has 0 spiro atoms. The van der Waals surface area contributed by atoms with Crippen molar-refractivity contribution >= 4 is 11.7 Å². The van der Waals surface area contributed by atoms with E-state index in [9.17, 15) is 9.59 Å². The fraction of sp³-hybridized carbons (Fsp3) is 0.875. The molecule has 1 atom stereocenters. The second-order valence-corrected chi connectivity index (χ2v) is 5.85.